The van der Waals surface area contributed by atoms with Gasteiger partial charge in [-0.05, 0) is 32.9 Å². The molecule has 0 saturated carbocycles. The molecule has 6 heteroatoms. The van der Waals surface area contributed by atoms with Crippen molar-refractivity contribution in [3.05, 3.63) is 30.3 Å². The van der Waals surface area contributed by atoms with Crippen LogP contribution in [0.4, 0.5) is 5.69 Å². The third-order valence-corrected chi connectivity index (χ3v) is 4.33. The van der Waals surface area contributed by atoms with E-state index in [1.165, 1.54) is 0 Å². The molecular formula is C12H20N2O3Si. The maximum Gasteiger partial charge on any atom is 0.671 e. The Balaban J connectivity index is 2.84. The normalized spacial score (nSPS) is 12.2. The summed E-state index contributed by atoms with van der Waals surface area (Å²) in [7, 11) is -3.02. The molecule has 1 aromatic carbocycles. The van der Waals surface area contributed by atoms with Crippen LogP contribution in [-0.4, -0.2) is 28.8 Å². The summed E-state index contributed by atoms with van der Waals surface area (Å²) in [5.41, 5.74) is 0.758. The second-order valence-electron chi connectivity index (χ2n) is 3.36. The lowest BCUT2D eigenvalue weighted by Gasteiger charge is -2.21. The van der Waals surface area contributed by atoms with E-state index in [9.17, 15) is 0 Å². The molecule has 1 rings (SSSR count). The number of benzene rings is 1. The molecule has 0 radical (unpaired) electrons. The molecule has 0 aromatic heterocycles. The Hall–Kier alpha value is -1.08. The second-order valence-corrected chi connectivity index (χ2v) is 5.47. The van der Waals surface area contributed by atoms with Gasteiger partial charge < -0.3 is 13.3 Å². The van der Waals surface area contributed by atoms with Crippen LogP contribution in [0.15, 0.2) is 40.2 Å². The Morgan fingerprint density at radius 1 is 0.889 bits per heavy atom. The van der Waals surface area contributed by atoms with Gasteiger partial charge in [-0.1, -0.05) is 18.2 Å². The standard InChI is InChI=1S/C12H20N2O3Si/c1-4-15-18(16-5-2,17-6-3)14-13-12-10-8-7-9-11-12/h7-11H,4-6H2,1-3H3/b14-13+. The Labute approximate surface area is 109 Å². The number of hydrogen-bond acceptors (Lipinski definition) is 5. The molecule has 0 unspecified atom stereocenters. The van der Waals surface area contributed by atoms with Gasteiger partial charge in [0.25, 0.3) is 0 Å². The minimum absolute atomic E-state index is 0.486. The molecule has 0 bridgehead atoms. The van der Waals surface area contributed by atoms with E-state index in [1.807, 2.05) is 51.1 Å². The van der Waals surface area contributed by atoms with Crippen molar-refractivity contribution >= 4 is 14.7 Å². The highest BCUT2D eigenvalue weighted by atomic mass is 28.4. The summed E-state index contributed by atoms with van der Waals surface area (Å²) in [4.78, 5) is 0. The molecule has 0 amide bonds. The number of hydrogen-bond donors (Lipinski definition) is 0. The first-order chi connectivity index (χ1) is 8.76. The smallest absolute Gasteiger partial charge is 0.355 e. The van der Waals surface area contributed by atoms with Crippen LogP contribution >= 0.6 is 0 Å². The van der Waals surface area contributed by atoms with E-state index in [1.54, 1.807) is 0 Å². The average molecular weight is 268 g/mol. The number of nitrogens with zero attached hydrogens (tertiary/aromatic N) is 2. The summed E-state index contributed by atoms with van der Waals surface area (Å²) in [5.74, 6) is 0. The summed E-state index contributed by atoms with van der Waals surface area (Å²) in [6.45, 7) is 7.12. The molecular weight excluding hydrogens is 248 g/mol. The highest BCUT2D eigenvalue weighted by Crippen LogP contribution is 2.17. The van der Waals surface area contributed by atoms with Crippen molar-refractivity contribution in [1.82, 2.24) is 0 Å². The number of rotatable bonds is 8. The van der Waals surface area contributed by atoms with Gasteiger partial charge in [0, 0.05) is 19.8 Å². The highest BCUT2D eigenvalue weighted by Gasteiger charge is 2.43. The predicted molar refractivity (Wildman–Crippen MR) is 71.6 cm³/mol. The monoisotopic (exact) mass is 268 g/mol. The first-order valence-electron chi connectivity index (χ1n) is 6.16. The summed E-state index contributed by atoms with van der Waals surface area (Å²) in [6, 6.07) is 9.47. The zero-order valence-corrected chi connectivity index (χ0v) is 12.1. The van der Waals surface area contributed by atoms with E-state index in [-0.39, 0.29) is 0 Å². The van der Waals surface area contributed by atoms with E-state index < -0.39 is 8.97 Å². The summed E-state index contributed by atoms with van der Waals surface area (Å²) >= 11 is 0. The van der Waals surface area contributed by atoms with Crippen LogP contribution in [0.2, 0.25) is 0 Å². The van der Waals surface area contributed by atoms with Crippen LogP contribution < -0.4 is 0 Å². The minimum atomic E-state index is -3.02. The third-order valence-electron chi connectivity index (χ3n) is 2.02. The summed E-state index contributed by atoms with van der Waals surface area (Å²) in [6.07, 6.45) is 0. The molecule has 0 aliphatic carbocycles. The van der Waals surface area contributed by atoms with Crippen LogP contribution in [-0.2, 0) is 13.3 Å². The lowest BCUT2D eigenvalue weighted by Crippen LogP contribution is -2.44. The maximum absolute atomic E-state index is 5.57. The quantitative estimate of drug-likeness (QED) is 0.537. The Bertz CT molecular complexity index is 343. The fourth-order valence-electron chi connectivity index (χ4n) is 1.37. The predicted octanol–water partition coefficient (Wildman–Crippen LogP) is 3.32. The van der Waals surface area contributed by atoms with E-state index in [2.05, 4.69) is 9.89 Å². The largest absolute Gasteiger partial charge is 0.671 e. The van der Waals surface area contributed by atoms with E-state index in [4.69, 9.17) is 13.3 Å². The van der Waals surface area contributed by atoms with Gasteiger partial charge in [-0.2, -0.15) is 5.11 Å². The van der Waals surface area contributed by atoms with Crippen molar-refractivity contribution in [3.8, 4) is 0 Å². The van der Waals surface area contributed by atoms with Gasteiger partial charge in [0.2, 0.25) is 0 Å². The van der Waals surface area contributed by atoms with Gasteiger partial charge in [0.05, 0.1) is 5.69 Å². The van der Waals surface area contributed by atoms with E-state index >= 15 is 0 Å². The molecule has 0 aliphatic rings. The average Bonchev–Trinajstić information content (AvgIpc) is 2.39. The van der Waals surface area contributed by atoms with Crippen molar-refractivity contribution in [1.29, 1.82) is 0 Å². The molecule has 18 heavy (non-hydrogen) atoms. The zero-order chi connectivity index (χ0) is 13.3. The molecule has 0 atom stereocenters. The molecule has 5 nitrogen and oxygen atoms in total. The second kappa shape index (κ2) is 8.10. The van der Waals surface area contributed by atoms with Crippen molar-refractivity contribution in [2.45, 2.75) is 20.8 Å². The van der Waals surface area contributed by atoms with Gasteiger partial charge in [-0.25, -0.2) is 0 Å². The SMILES string of the molecule is CCO[Si](/N=N/c1ccccc1)(OCC)OCC. The topological polar surface area (TPSA) is 52.4 Å². The maximum atomic E-state index is 5.57. The van der Waals surface area contributed by atoms with Crippen molar-refractivity contribution in [2.75, 3.05) is 19.8 Å². The van der Waals surface area contributed by atoms with Gasteiger partial charge >= 0.3 is 8.97 Å². The summed E-state index contributed by atoms with van der Waals surface area (Å²) in [5, 5.41) is 4.15. The van der Waals surface area contributed by atoms with Gasteiger partial charge in [0.1, 0.15) is 0 Å². The fourth-order valence-corrected chi connectivity index (χ4v) is 3.13. The van der Waals surface area contributed by atoms with Gasteiger partial charge in [0.15, 0.2) is 0 Å². The molecule has 0 N–H and O–H groups in total. The van der Waals surface area contributed by atoms with Gasteiger partial charge in [-0.15, -0.1) is 4.78 Å². The van der Waals surface area contributed by atoms with Gasteiger partial charge in [-0.3, -0.25) is 0 Å². The molecule has 0 heterocycles. The lowest BCUT2D eigenvalue weighted by atomic mass is 10.3. The molecule has 1 aromatic rings. The highest BCUT2D eigenvalue weighted by molar-refractivity contribution is 6.58. The van der Waals surface area contributed by atoms with E-state index in [0.717, 1.165) is 5.69 Å². The molecule has 0 spiro atoms. The first kappa shape index (κ1) is 15.0. The van der Waals surface area contributed by atoms with Crippen LogP contribution in [0.5, 0.6) is 0 Å². The zero-order valence-electron chi connectivity index (χ0n) is 11.1. The third kappa shape index (κ3) is 4.65. The minimum Gasteiger partial charge on any atom is -0.355 e. The van der Waals surface area contributed by atoms with Crippen molar-refractivity contribution in [2.24, 2.45) is 9.89 Å². The van der Waals surface area contributed by atoms with Crippen molar-refractivity contribution < 1.29 is 13.3 Å². The van der Waals surface area contributed by atoms with Crippen LogP contribution in [0.1, 0.15) is 20.8 Å². The lowest BCUT2D eigenvalue weighted by molar-refractivity contribution is 0.0710. The van der Waals surface area contributed by atoms with Crippen LogP contribution in [0.25, 0.3) is 0 Å². The Morgan fingerprint density at radius 2 is 1.39 bits per heavy atom. The van der Waals surface area contributed by atoms with Crippen LogP contribution in [0, 0.1) is 0 Å². The molecule has 0 saturated heterocycles. The Kier molecular flexibility index (Phi) is 6.74. The van der Waals surface area contributed by atoms with E-state index in [0.29, 0.717) is 19.8 Å². The van der Waals surface area contributed by atoms with Crippen molar-refractivity contribution in [3.63, 3.8) is 0 Å². The Morgan fingerprint density at radius 3 is 1.83 bits per heavy atom. The summed E-state index contributed by atoms with van der Waals surface area (Å²) < 4.78 is 20.9. The fraction of sp³-hybridized carbons (Fsp3) is 0.500. The molecule has 0 aliphatic heterocycles. The van der Waals surface area contributed by atoms with Crippen LogP contribution in [0.3, 0.4) is 0 Å². The molecule has 100 valence electrons. The molecule has 0 fully saturated rings. The first-order valence-corrected chi connectivity index (χ1v) is 7.83.